The first-order valence-corrected chi connectivity index (χ1v) is 3.60. The molecule has 0 atom stereocenters. The molecule has 0 bridgehead atoms. The molecule has 0 saturated carbocycles. The highest BCUT2D eigenvalue weighted by atomic mass is 16.2. The Hall–Kier alpha value is -2.02. The van der Waals surface area contributed by atoms with Gasteiger partial charge in [0.2, 0.25) is 0 Å². The minimum atomic E-state index is -0.498. The molecule has 0 aliphatic rings. The molecule has 4 nitrogen and oxygen atoms in total. The van der Waals surface area contributed by atoms with Gasteiger partial charge in [-0.05, 0) is 6.92 Å². The first-order valence-electron chi connectivity index (χ1n) is 3.60. The number of aromatic nitrogens is 2. The molecule has 1 aromatic heterocycles. The van der Waals surface area contributed by atoms with E-state index in [0.717, 1.165) is 0 Å². The second-order valence-corrected chi connectivity index (χ2v) is 2.46. The molecule has 0 saturated heterocycles. The van der Waals surface area contributed by atoms with E-state index in [4.69, 9.17) is 6.42 Å². The van der Waals surface area contributed by atoms with Gasteiger partial charge in [-0.2, -0.15) is 0 Å². The van der Waals surface area contributed by atoms with Crippen molar-refractivity contribution >= 4 is 6.20 Å². The van der Waals surface area contributed by atoms with Crippen molar-refractivity contribution in [3.8, 4) is 12.3 Å². The average Bonchev–Trinajstić information content (AvgIpc) is 2.09. The SMILES string of the molecule is C#C/C=C/n1cc(C)c(=O)[nH]c1=O. The lowest BCUT2D eigenvalue weighted by Crippen LogP contribution is -2.28. The molecule has 0 aliphatic carbocycles. The number of hydrogen-bond acceptors (Lipinski definition) is 2. The molecule has 1 N–H and O–H groups in total. The molecule has 1 aromatic rings. The van der Waals surface area contributed by atoms with Gasteiger partial charge in [0.05, 0.1) is 0 Å². The zero-order chi connectivity index (χ0) is 9.84. The van der Waals surface area contributed by atoms with E-state index in [1.165, 1.54) is 23.0 Å². The summed E-state index contributed by atoms with van der Waals surface area (Å²) in [5.74, 6) is 2.25. The minimum absolute atomic E-state index is 0.379. The third kappa shape index (κ3) is 1.97. The van der Waals surface area contributed by atoms with E-state index in [9.17, 15) is 9.59 Å². The molecule has 1 rings (SSSR count). The normalized spacial score (nSPS) is 10.2. The fourth-order valence-corrected chi connectivity index (χ4v) is 0.820. The molecule has 1 heterocycles. The van der Waals surface area contributed by atoms with Crippen LogP contribution in [0.25, 0.3) is 6.20 Å². The monoisotopic (exact) mass is 176 g/mol. The molecule has 0 unspecified atom stereocenters. The quantitative estimate of drug-likeness (QED) is 0.610. The van der Waals surface area contributed by atoms with Crippen molar-refractivity contribution in [3.05, 3.63) is 38.7 Å². The Morgan fingerprint density at radius 2 is 2.31 bits per heavy atom. The number of allylic oxidation sites excluding steroid dienone is 1. The van der Waals surface area contributed by atoms with Crippen LogP contribution in [0.15, 0.2) is 21.9 Å². The molecule has 0 fully saturated rings. The molecular weight excluding hydrogens is 168 g/mol. The third-order valence-corrected chi connectivity index (χ3v) is 1.48. The van der Waals surface area contributed by atoms with Crippen molar-refractivity contribution in [2.75, 3.05) is 0 Å². The van der Waals surface area contributed by atoms with Gasteiger partial charge in [-0.15, -0.1) is 6.42 Å². The number of nitrogens with zero attached hydrogens (tertiary/aromatic N) is 1. The highest BCUT2D eigenvalue weighted by Crippen LogP contribution is 1.84. The zero-order valence-electron chi connectivity index (χ0n) is 7.07. The lowest BCUT2D eigenvalue weighted by molar-refractivity contribution is 0.918. The van der Waals surface area contributed by atoms with E-state index >= 15 is 0 Å². The predicted octanol–water partition coefficient (Wildman–Crippen LogP) is -0.0511. The summed E-state index contributed by atoms with van der Waals surface area (Å²) in [7, 11) is 0. The third-order valence-electron chi connectivity index (χ3n) is 1.48. The summed E-state index contributed by atoms with van der Waals surface area (Å²) in [5.41, 5.74) is -0.418. The van der Waals surface area contributed by atoms with E-state index < -0.39 is 5.69 Å². The van der Waals surface area contributed by atoms with Gasteiger partial charge in [0.25, 0.3) is 5.56 Å². The molecule has 13 heavy (non-hydrogen) atoms. The number of H-pyrrole nitrogens is 1. The highest BCUT2D eigenvalue weighted by Gasteiger charge is 1.96. The Bertz CT molecular complexity index is 486. The summed E-state index contributed by atoms with van der Waals surface area (Å²) in [5, 5.41) is 0. The lowest BCUT2D eigenvalue weighted by Gasteiger charge is -1.96. The standard InChI is InChI=1S/C9H8N2O2/c1-3-4-5-11-6-7(2)8(12)10-9(11)13/h1,4-6H,2H3,(H,10,12,13)/b5-4+. The van der Waals surface area contributed by atoms with E-state index in [1.807, 2.05) is 0 Å². The van der Waals surface area contributed by atoms with Crippen molar-refractivity contribution < 1.29 is 0 Å². The highest BCUT2D eigenvalue weighted by molar-refractivity contribution is 5.31. The number of rotatable bonds is 1. The van der Waals surface area contributed by atoms with Gasteiger partial charge in [0.15, 0.2) is 0 Å². The van der Waals surface area contributed by atoms with Crippen molar-refractivity contribution in [2.24, 2.45) is 0 Å². The van der Waals surface area contributed by atoms with Crippen LogP contribution in [0.4, 0.5) is 0 Å². The maximum absolute atomic E-state index is 11.1. The smallest absolute Gasteiger partial charge is 0.275 e. The first kappa shape index (κ1) is 9.07. The molecule has 0 aromatic carbocycles. The second kappa shape index (κ2) is 3.59. The molecule has 66 valence electrons. The fraction of sp³-hybridized carbons (Fsp3) is 0.111. The Labute approximate surface area is 74.5 Å². The summed E-state index contributed by atoms with van der Waals surface area (Å²) in [6.07, 6.45) is 9.18. The van der Waals surface area contributed by atoms with Crippen LogP contribution < -0.4 is 11.2 Å². The van der Waals surface area contributed by atoms with Crippen LogP contribution in [0.3, 0.4) is 0 Å². The predicted molar refractivity (Wildman–Crippen MR) is 50.2 cm³/mol. The van der Waals surface area contributed by atoms with Crippen LogP contribution in [0.1, 0.15) is 5.56 Å². The van der Waals surface area contributed by atoms with Crippen LogP contribution in [0.5, 0.6) is 0 Å². The van der Waals surface area contributed by atoms with Gasteiger partial charge >= 0.3 is 5.69 Å². The van der Waals surface area contributed by atoms with Crippen LogP contribution in [0.2, 0.25) is 0 Å². The lowest BCUT2D eigenvalue weighted by atomic mass is 10.4. The molecule has 0 spiro atoms. The summed E-state index contributed by atoms with van der Waals surface area (Å²) < 4.78 is 1.22. The van der Waals surface area contributed by atoms with E-state index in [0.29, 0.717) is 5.56 Å². The molecule has 0 radical (unpaired) electrons. The summed E-state index contributed by atoms with van der Waals surface area (Å²) in [4.78, 5) is 24.2. The Morgan fingerprint density at radius 1 is 1.62 bits per heavy atom. The zero-order valence-corrected chi connectivity index (χ0v) is 7.07. The van der Waals surface area contributed by atoms with Gasteiger partial charge in [-0.25, -0.2) is 4.79 Å². The van der Waals surface area contributed by atoms with E-state index in [2.05, 4.69) is 10.9 Å². The Balaban J connectivity index is 3.34. The number of aromatic amines is 1. The molecular formula is C9H8N2O2. The summed E-state index contributed by atoms with van der Waals surface area (Å²) >= 11 is 0. The van der Waals surface area contributed by atoms with E-state index in [1.54, 1.807) is 6.92 Å². The van der Waals surface area contributed by atoms with Crippen molar-refractivity contribution in [1.29, 1.82) is 0 Å². The second-order valence-electron chi connectivity index (χ2n) is 2.46. The van der Waals surface area contributed by atoms with Crippen LogP contribution in [-0.2, 0) is 0 Å². The first-order chi connectivity index (χ1) is 6.15. The van der Waals surface area contributed by atoms with Crippen LogP contribution >= 0.6 is 0 Å². The van der Waals surface area contributed by atoms with Crippen molar-refractivity contribution in [3.63, 3.8) is 0 Å². The summed E-state index contributed by atoms with van der Waals surface area (Å²) in [6, 6.07) is 0. The number of hydrogen-bond donors (Lipinski definition) is 1. The Kier molecular flexibility index (Phi) is 2.50. The van der Waals surface area contributed by atoms with Gasteiger partial charge in [0.1, 0.15) is 0 Å². The maximum atomic E-state index is 11.1. The minimum Gasteiger partial charge on any atom is -0.275 e. The van der Waals surface area contributed by atoms with Crippen LogP contribution in [-0.4, -0.2) is 9.55 Å². The molecule has 0 amide bonds. The largest absolute Gasteiger partial charge is 0.332 e. The maximum Gasteiger partial charge on any atom is 0.332 e. The summed E-state index contributed by atoms with van der Waals surface area (Å²) in [6.45, 7) is 1.61. The van der Waals surface area contributed by atoms with Gasteiger partial charge in [-0.3, -0.25) is 14.3 Å². The van der Waals surface area contributed by atoms with E-state index in [-0.39, 0.29) is 5.56 Å². The number of aryl methyl sites for hydroxylation is 1. The average molecular weight is 176 g/mol. The van der Waals surface area contributed by atoms with Crippen molar-refractivity contribution in [2.45, 2.75) is 6.92 Å². The van der Waals surface area contributed by atoms with Crippen LogP contribution in [0, 0.1) is 19.3 Å². The fourth-order valence-electron chi connectivity index (χ4n) is 0.820. The molecule has 4 heteroatoms. The van der Waals surface area contributed by atoms with Gasteiger partial charge < -0.3 is 0 Å². The topological polar surface area (TPSA) is 54.9 Å². The van der Waals surface area contributed by atoms with Gasteiger partial charge in [0, 0.05) is 24.0 Å². The molecule has 0 aliphatic heterocycles. The number of terminal acetylenes is 1. The van der Waals surface area contributed by atoms with Gasteiger partial charge in [-0.1, -0.05) is 5.92 Å². The number of nitrogens with one attached hydrogen (secondary N) is 1. The Morgan fingerprint density at radius 3 is 2.92 bits per heavy atom. The van der Waals surface area contributed by atoms with Crippen molar-refractivity contribution in [1.82, 2.24) is 9.55 Å².